The van der Waals surface area contributed by atoms with E-state index in [2.05, 4.69) is 0 Å². The summed E-state index contributed by atoms with van der Waals surface area (Å²) in [4.78, 5) is 0. The summed E-state index contributed by atoms with van der Waals surface area (Å²) in [6.07, 6.45) is -5.96. The summed E-state index contributed by atoms with van der Waals surface area (Å²) in [5.41, 5.74) is -3.77. The van der Waals surface area contributed by atoms with Gasteiger partial charge in [0.05, 0.1) is 12.2 Å². The molecule has 0 aliphatic carbocycles. The molecule has 2 nitrogen and oxygen atoms in total. The highest BCUT2D eigenvalue weighted by Crippen LogP contribution is 2.47. The lowest BCUT2D eigenvalue weighted by Crippen LogP contribution is -2.56. The van der Waals surface area contributed by atoms with Crippen LogP contribution < -0.4 is 0 Å². The minimum atomic E-state index is -5.68. The molecule has 0 rings (SSSR count). The first-order chi connectivity index (χ1) is 7.72. The molecule has 0 saturated carbocycles. The minimum Gasteiger partial charge on any atom is -0.237 e. The van der Waals surface area contributed by atoms with Crippen molar-refractivity contribution in [1.29, 1.82) is 0 Å². The molecule has 0 heterocycles. The Hall–Kier alpha value is -0.730. The van der Waals surface area contributed by atoms with Crippen LogP contribution in [0.1, 0.15) is 20.8 Å². The summed E-state index contributed by atoms with van der Waals surface area (Å²) in [6.45, 7) is 1.15. The molecule has 0 spiro atoms. The summed E-state index contributed by atoms with van der Waals surface area (Å²) in [6, 6.07) is 0. The van der Waals surface area contributed by atoms with Crippen molar-refractivity contribution in [1.82, 2.24) is 0 Å². The van der Waals surface area contributed by atoms with Crippen molar-refractivity contribution in [2.24, 2.45) is 5.92 Å². The molecule has 0 aromatic carbocycles. The average Bonchev–Trinajstić information content (AvgIpc) is 2.13. The zero-order valence-corrected chi connectivity index (χ0v) is 10.5. The summed E-state index contributed by atoms with van der Waals surface area (Å²) < 4.78 is 95.2. The Morgan fingerprint density at radius 1 is 1.11 bits per heavy atom. The zero-order valence-electron chi connectivity index (χ0n) is 9.72. The second kappa shape index (κ2) is 4.75. The predicted octanol–water partition coefficient (Wildman–Crippen LogP) is 3.45. The molecule has 0 radical (unpaired) electrons. The second-order valence-electron chi connectivity index (χ2n) is 4.27. The smallest absolute Gasteiger partial charge is 0.237 e. The standard InChI is InChI=1S/C9H12F6O2S/c1-6(9(12,13)14)8(11,4-5-10)7(2,3)18(15,16)17/h4-6H,1-3H3. The maximum atomic E-state index is 14.3. The van der Waals surface area contributed by atoms with Gasteiger partial charge >= 0.3 is 16.4 Å². The van der Waals surface area contributed by atoms with Crippen molar-refractivity contribution in [2.45, 2.75) is 37.4 Å². The molecule has 0 aromatic rings. The molecule has 0 amide bonds. The summed E-state index contributed by atoms with van der Waals surface area (Å²) in [7, 11) is -5.68. The highest BCUT2D eigenvalue weighted by atomic mass is 32.3. The maximum Gasteiger partial charge on any atom is 0.394 e. The van der Waals surface area contributed by atoms with Crippen LogP contribution in [0.15, 0.2) is 12.4 Å². The Morgan fingerprint density at radius 3 is 1.72 bits per heavy atom. The molecule has 18 heavy (non-hydrogen) atoms. The molecular weight excluding hydrogens is 286 g/mol. The highest BCUT2D eigenvalue weighted by Gasteiger charge is 2.63. The van der Waals surface area contributed by atoms with E-state index in [0.29, 0.717) is 20.8 Å². The maximum absolute atomic E-state index is 14.3. The van der Waals surface area contributed by atoms with Crippen LogP contribution in [0.2, 0.25) is 0 Å². The largest absolute Gasteiger partial charge is 0.394 e. The minimum absolute atomic E-state index is 0.234. The SMILES string of the molecule is CC(C(F)(F)F)C(F)(C=CF)C(C)(C)S(=O)(=O)F. The summed E-state index contributed by atoms with van der Waals surface area (Å²) in [5.74, 6) is -2.91. The van der Waals surface area contributed by atoms with Crippen molar-refractivity contribution >= 4 is 10.2 Å². The van der Waals surface area contributed by atoms with Crippen molar-refractivity contribution in [3.63, 3.8) is 0 Å². The van der Waals surface area contributed by atoms with Crippen LogP contribution in [0.4, 0.5) is 25.8 Å². The predicted molar refractivity (Wildman–Crippen MR) is 53.4 cm³/mol. The lowest BCUT2D eigenvalue weighted by Gasteiger charge is -2.39. The Kier molecular flexibility index (Phi) is 4.55. The van der Waals surface area contributed by atoms with Crippen molar-refractivity contribution in [3.8, 4) is 0 Å². The van der Waals surface area contributed by atoms with Gasteiger partial charge in [-0.1, -0.05) is 6.92 Å². The molecule has 2 unspecified atom stereocenters. The third kappa shape index (κ3) is 2.81. The van der Waals surface area contributed by atoms with Gasteiger partial charge < -0.3 is 0 Å². The van der Waals surface area contributed by atoms with E-state index >= 15 is 0 Å². The van der Waals surface area contributed by atoms with E-state index < -0.39 is 39.1 Å². The molecule has 108 valence electrons. The fourth-order valence-corrected chi connectivity index (χ4v) is 2.00. The van der Waals surface area contributed by atoms with Crippen LogP contribution >= 0.6 is 0 Å². The molecule has 0 bridgehead atoms. The van der Waals surface area contributed by atoms with Gasteiger partial charge in [-0.2, -0.15) is 21.6 Å². The normalized spacial score (nSPS) is 19.8. The number of alkyl halides is 4. The Labute approximate surface area is 101 Å². The fraction of sp³-hybridized carbons (Fsp3) is 0.778. The van der Waals surface area contributed by atoms with Crippen LogP contribution in [0, 0.1) is 5.92 Å². The van der Waals surface area contributed by atoms with Gasteiger partial charge in [0.15, 0.2) is 5.67 Å². The third-order valence-electron chi connectivity index (χ3n) is 2.96. The Morgan fingerprint density at radius 2 is 1.50 bits per heavy atom. The molecule has 0 aliphatic heterocycles. The quantitative estimate of drug-likeness (QED) is 0.588. The lowest BCUT2D eigenvalue weighted by molar-refractivity contribution is -0.201. The summed E-state index contributed by atoms with van der Waals surface area (Å²) in [5, 5.41) is 0. The van der Waals surface area contributed by atoms with Gasteiger partial charge in [0.25, 0.3) is 0 Å². The first kappa shape index (κ1) is 17.3. The molecule has 0 saturated heterocycles. The van der Waals surface area contributed by atoms with Gasteiger partial charge in [-0.25, -0.2) is 8.78 Å². The second-order valence-corrected chi connectivity index (χ2v) is 6.17. The first-order valence-electron chi connectivity index (χ1n) is 4.69. The number of halogens is 6. The summed E-state index contributed by atoms with van der Waals surface area (Å²) >= 11 is 0. The van der Waals surface area contributed by atoms with Gasteiger partial charge in [-0.3, -0.25) is 0 Å². The van der Waals surface area contributed by atoms with Crippen LogP contribution in [-0.4, -0.2) is 25.0 Å². The van der Waals surface area contributed by atoms with Gasteiger partial charge in [0, 0.05) is 0 Å². The molecule has 0 fully saturated rings. The molecule has 9 heteroatoms. The molecule has 0 aliphatic rings. The van der Waals surface area contributed by atoms with E-state index in [-0.39, 0.29) is 6.08 Å². The third-order valence-corrected chi connectivity index (χ3v) is 4.49. The van der Waals surface area contributed by atoms with Crippen LogP contribution in [0.5, 0.6) is 0 Å². The van der Waals surface area contributed by atoms with E-state index in [1.807, 2.05) is 0 Å². The monoisotopic (exact) mass is 298 g/mol. The van der Waals surface area contributed by atoms with Gasteiger partial charge in [-0.15, -0.1) is 3.89 Å². The Bertz CT molecular complexity index is 425. The van der Waals surface area contributed by atoms with Crippen molar-refractivity contribution in [2.75, 3.05) is 0 Å². The van der Waals surface area contributed by atoms with Crippen LogP contribution in [-0.2, 0) is 10.2 Å². The van der Waals surface area contributed by atoms with E-state index in [1.165, 1.54) is 0 Å². The van der Waals surface area contributed by atoms with Gasteiger partial charge in [0.1, 0.15) is 4.75 Å². The highest BCUT2D eigenvalue weighted by molar-refractivity contribution is 7.87. The van der Waals surface area contributed by atoms with Crippen LogP contribution in [0.25, 0.3) is 0 Å². The molecule has 0 N–H and O–H groups in total. The van der Waals surface area contributed by atoms with E-state index in [9.17, 15) is 34.3 Å². The lowest BCUT2D eigenvalue weighted by atomic mass is 9.80. The van der Waals surface area contributed by atoms with E-state index in [0.717, 1.165) is 0 Å². The van der Waals surface area contributed by atoms with E-state index in [1.54, 1.807) is 0 Å². The van der Waals surface area contributed by atoms with E-state index in [4.69, 9.17) is 0 Å². The number of hydrogen-bond acceptors (Lipinski definition) is 2. The molecule has 2 atom stereocenters. The van der Waals surface area contributed by atoms with Gasteiger partial charge in [0.2, 0.25) is 0 Å². The average molecular weight is 298 g/mol. The van der Waals surface area contributed by atoms with Crippen LogP contribution in [0.3, 0.4) is 0 Å². The topological polar surface area (TPSA) is 34.1 Å². The van der Waals surface area contributed by atoms with Crippen molar-refractivity contribution < 1.29 is 34.3 Å². The van der Waals surface area contributed by atoms with Gasteiger partial charge in [-0.05, 0) is 19.9 Å². The number of hydrogen-bond donors (Lipinski definition) is 0. The zero-order chi connectivity index (χ0) is 15.0. The molecular formula is C9H12F6O2S. The molecule has 0 aromatic heterocycles. The number of rotatable bonds is 4. The Balaban J connectivity index is 6.01. The fourth-order valence-electron chi connectivity index (χ4n) is 1.38. The van der Waals surface area contributed by atoms with Crippen molar-refractivity contribution in [3.05, 3.63) is 12.4 Å². The number of allylic oxidation sites excluding steroid dienone is 1. The first-order valence-corrected chi connectivity index (χ1v) is 6.08.